The maximum absolute atomic E-state index is 12.3. The number of carbonyl (C=O) groups is 2. The van der Waals surface area contributed by atoms with Crippen LogP contribution in [-0.4, -0.2) is 38.9 Å². The molecule has 1 aromatic carbocycles. The van der Waals surface area contributed by atoms with Gasteiger partial charge in [0.25, 0.3) is 21.8 Å². The predicted molar refractivity (Wildman–Crippen MR) is 96.5 cm³/mol. The maximum Gasteiger partial charge on any atom is 0.273 e. The van der Waals surface area contributed by atoms with E-state index >= 15 is 0 Å². The molecule has 1 aromatic heterocycles. The highest BCUT2D eigenvalue weighted by atomic mass is 35.5. The maximum atomic E-state index is 12.3. The molecule has 0 fully saturated rings. The van der Waals surface area contributed by atoms with E-state index in [-0.39, 0.29) is 21.0 Å². The number of nitrogens with zero attached hydrogens (tertiary/aromatic N) is 1. The summed E-state index contributed by atoms with van der Waals surface area (Å²) in [4.78, 5) is 28.9. The smallest absolute Gasteiger partial charge is 0.273 e. The number of hydroxylamine groups is 1. The lowest BCUT2D eigenvalue weighted by Gasteiger charge is -2.15. The van der Waals surface area contributed by atoms with Crippen molar-refractivity contribution in [2.75, 3.05) is 14.2 Å². The van der Waals surface area contributed by atoms with Crippen molar-refractivity contribution in [3.05, 3.63) is 51.9 Å². The van der Waals surface area contributed by atoms with Gasteiger partial charge in [-0.3, -0.25) is 25.3 Å². The van der Waals surface area contributed by atoms with Gasteiger partial charge in [0.2, 0.25) is 0 Å². The first-order chi connectivity index (χ1) is 12.6. The molecule has 146 valence electrons. The van der Waals surface area contributed by atoms with E-state index < -0.39 is 21.8 Å². The molecule has 2 aromatic rings. The molecule has 0 saturated carbocycles. The fraction of sp³-hybridized carbons (Fsp3) is 0.250. The molecule has 0 spiro atoms. The number of benzene rings is 1. The van der Waals surface area contributed by atoms with Gasteiger partial charge in [-0.05, 0) is 38.1 Å². The average molecular weight is 416 g/mol. The minimum atomic E-state index is -3.97. The largest absolute Gasteiger partial charge is 0.466 e. The number of furan rings is 1. The second kappa shape index (κ2) is 8.09. The molecule has 2 amide bonds. The molecule has 0 aliphatic rings. The van der Waals surface area contributed by atoms with Crippen LogP contribution in [0.4, 0.5) is 0 Å². The van der Waals surface area contributed by atoms with Crippen LogP contribution < -0.4 is 10.9 Å². The molecule has 0 aliphatic carbocycles. The Labute approximate surface area is 161 Å². The summed E-state index contributed by atoms with van der Waals surface area (Å²) in [5, 5.41) is 0.0103. The number of hydrazine groups is 1. The molecule has 2 N–H and O–H groups in total. The number of halogens is 1. The molecule has 1 heterocycles. The van der Waals surface area contributed by atoms with E-state index in [9.17, 15) is 18.0 Å². The topological polar surface area (TPSA) is 118 Å². The number of hydrogen-bond donors (Lipinski definition) is 2. The van der Waals surface area contributed by atoms with Crippen molar-refractivity contribution in [3.63, 3.8) is 0 Å². The third kappa shape index (κ3) is 4.48. The summed E-state index contributed by atoms with van der Waals surface area (Å²) in [6, 6.07) is 5.11. The van der Waals surface area contributed by atoms with Crippen LogP contribution in [0.25, 0.3) is 0 Å². The molecule has 0 atom stereocenters. The van der Waals surface area contributed by atoms with Gasteiger partial charge >= 0.3 is 0 Å². The molecule has 0 bridgehead atoms. The molecule has 2 rings (SSSR count). The standard InChI is InChI=1S/C16H18ClN3O6S/c1-9-7-12(10(2)26-9)15(21)18-19-16(22)13-8-11(5-6-14(13)17)27(23,24)20(3)25-4/h5-8H,1-4H3,(H,18,21)(H,19,22). The first kappa shape index (κ1) is 20.9. The van der Waals surface area contributed by atoms with Gasteiger partial charge in [0, 0.05) is 7.05 Å². The molecule has 27 heavy (non-hydrogen) atoms. The van der Waals surface area contributed by atoms with E-state index in [1.54, 1.807) is 13.8 Å². The predicted octanol–water partition coefficient (Wildman–Crippen LogP) is 1.81. The van der Waals surface area contributed by atoms with Crippen molar-refractivity contribution < 1.29 is 27.3 Å². The van der Waals surface area contributed by atoms with Crippen LogP contribution in [0, 0.1) is 13.8 Å². The second-order valence-corrected chi connectivity index (χ2v) is 7.82. The highest BCUT2D eigenvalue weighted by Gasteiger charge is 2.24. The van der Waals surface area contributed by atoms with Crippen molar-refractivity contribution in [1.82, 2.24) is 15.3 Å². The van der Waals surface area contributed by atoms with Gasteiger partial charge < -0.3 is 4.42 Å². The SMILES string of the molecule is CON(C)S(=O)(=O)c1ccc(Cl)c(C(=O)NNC(=O)c2cc(C)oc2C)c1. The summed E-state index contributed by atoms with van der Waals surface area (Å²) in [5.41, 5.74) is 4.55. The average Bonchev–Trinajstić information content (AvgIpc) is 2.97. The summed E-state index contributed by atoms with van der Waals surface area (Å²) in [7, 11) is -1.57. The van der Waals surface area contributed by atoms with Crippen molar-refractivity contribution in [2.45, 2.75) is 18.7 Å². The molecule has 0 saturated heterocycles. The van der Waals surface area contributed by atoms with Crippen molar-refractivity contribution in [3.8, 4) is 0 Å². The Morgan fingerprint density at radius 2 is 1.70 bits per heavy atom. The van der Waals surface area contributed by atoms with Gasteiger partial charge in [-0.25, -0.2) is 8.42 Å². The van der Waals surface area contributed by atoms with Crippen LogP contribution in [0.1, 0.15) is 32.2 Å². The first-order valence-corrected chi connectivity index (χ1v) is 9.40. The van der Waals surface area contributed by atoms with E-state index in [2.05, 4.69) is 15.7 Å². The van der Waals surface area contributed by atoms with Crippen molar-refractivity contribution >= 4 is 33.4 Å². The van der Waals surface area contributed by atoms with Crippen molar-refractivity contribution in [1.29, 1.82) is 0 Å². The fourth-order valence-electron chi connectivity index (χ4n) is 2.19. The Balaban J connectivity index is 2.20. The molecule has 0 radical (unpaired) electrons. The quantitative estimate of drug-likeness (QED) is 0.719. The summed E-state index contributed by atoms with van der Waals surface area (Å²) < 4.78 is 30.5. The third-order valence-electron chi connectivity index (χ3n) is 3.65. The Kier molecular flexibility index (Phi) is 6.26. The molecule has 11 heteroatoms. The number of carbonyl (C=O) groups excluding carboxylic acids is 2. The van der Waals surface area contributed by atoms with Crippen LogP contribution in [0.3, 0.4) is 0 Å². The van der Waals surface area contributed by atoms with E-state index in [4.69, 9.17) is 16.0 Å². The van der Waals surface area contributed by atoms with E-state index in [1.807, 2.05) is 0 Å². The fourth-order valence-corrected chi connectivity index (χ4v) is 3.39. The third-order valence-corrected chi connectivity index (χ3v) is 5.66. The zero-order valence-corrected chi connectivity index (χ0v) is 16.6. The van der Waals surface area contributed by atoms with Crippen LogP contribution in [-0.2, 0) is 14.9 Å². The van der Waals surface area contributed by atoms with Crippen LogP contribution in [0.15, 0.2) is 33.6 Å². The number of nitrogens with one attached hydrogen (secondary N) is 2. The highest BCUT2D eigenvalue weighted by molar-refractivity contribution is 7.89. The summed E-state index contributed by atoms with van der Waals surface area (Å²) in [5.74, 6) is -0.430. The van der Waals surface area contributed by atoms with E-state index in [0.29, 0.717) is 16.0 Å². The van der Waals surface area contributed by atoms with Gasteiger partial charge in [0.05, 0.1) is 28.2 Å². The number of sulfonamides is 1. The van der Waals surface area contributed by atoms with E-state index in [0.717, 1.165) is 6.07 Å². The zero-order valence-electron chi connectivity index (χ0n) is 15.0. The Morgan fingerprint density at radius 3 is 2.22 bits per heavy atom. The number of rotatable bonds is 5. The Hall–Kier alpha value is -2.40. The second-order valence-electron chi connectivity index (χ2n) is 5.47. The summed E-state index contributed by atoms with van der Waals surface area (Å²) >= 11 is 5.99. The minimum absolute atomic E-state index is 0.0103. The molecular formula is C16H18ClN3O6S. The molecule has 0 aliphatic heterocycles. The van der Waals surface area contributed by atoms with Gasteiger partial charge in [-0.1, -0.05) is 16.1 Å². The molecule has 0 unspecified atom stereocenters. The molecule has 9 nitrogen and oxygen atoms in total. The monoisotopic (exact) mass is 415 g/mol. The van der Waals surface area contributed by atoms with Gasteiger partial charge in [-0.2, -0.15) is 0 Å². The minimum Gasteiger partial charge on any atom is -0.466 e. The van der Waals surface area contributed by atoms with E-state index in [1.165, 1.54) is 32.4 Å². The van der Waals surface area contributed by atoms with Crippen molar-refractivity contribution in [2.24, 2.45) is 0 Å². The normalized spacial score (nSPS) is 11.5. The summed E-state index contributed by atoms with van der Waals surface area (Å²) in [6.45, 7) is 3.30. The number of hydrogen-bond acceptors (Lipinski definition) is 6. The Bertz CT molecular complexity index is 986. The van der Waals surface area contributed by atoms with Crippen LogP contribution >= 0.6 is 11.6 Å². The van der Waals surface area contributed by atoms with Gasteiger partial charge in [0.1, 0.15) is 11.5 Å². The number of aryl methyl sites for hydroxylation is 2. The Morgan fingerprint density at radius 1 is 1.11 bits per heavy atom. The van der Waals surface area contributed by atoms with Crippen LogP contribution in [0.2, 0.25) is 5.02 Å². The number of amides is 2. The van der Waals surface area contributed by atoms with Crippen LogP contribution in [0.5, 0.6) is 0 Å². The lowest BCUT2D eigenvalue weighted by molar-refractivity contribution is -0.0258. The molecular weight excluding hydrogens is 398 g/mol. The lowest BCUT2D eigenvalue weighted by atomic mass is 10.2. The van der Waals surface area contributed by atoms with Gasteiger partial charge in [0.15, 0.2) is 0 Å². The summed E-state index contributed by atoms with van der Waals surface area (Å²) in [6.07, 6.45) is 0. The zero-order chi connectivity index (χ0) is 20.4. The lowest BCUT2D eigenvalue weighted by Crippen LogP contribution is -2.41. The first-order valence-electron chi connectivity index (χ1n) is 7.58. The highest BCUT2D eigenvalue weighted by Crippen LogP contribution is 2.22. The van der Waals surface area contributed by atoms with Gasteiger partial charge in [-0.15, -0.1) is 0 Å².